The van der Waals surface area contributed by atoms with Crippen LogP contribution in [0.25, 0.3) is 6.08 Å². The Labute approximate surface area is 162 Å². The Hall–Kier alpha value is -3.11. The Morgan fingerprint density at radius 2 is 1.96 bits per heavy atom. The van der Waals surface area contributed by atoms with E-state index in [0.29, 0.717) is 16.2 Å². The van der Waals surface area contributed by atoms with Gasteiger partial charge < -0.3 is 15.3 Å². The van der Waals surface area contributed by atoms with Gasteiger partial charge in [0.05, 0.1) is 17.5 Å². The second-order valence-electron chi connectivity index (χ2n) is 5.54. The maximum Gasteiger partial charge on any atom is 0.327 e. The first-order valence-corrected chi connectivity index (χ1v) is 8.88. The smallest absolute Gasteiger partial charge is 0.327 e. The second kappa shape index (κ2) is 7.64. The van der Waals surface area contributed by atoms with Crippen LogP contribution in [0.2, 0.25) is 0 Å². The number of carboxylic acid groups (broad SMARTS) is 2. The van der Waals surface area contributed by atoms with E-state index in [1.165, 1.54) is 6.21 Å². The number of rotatable bonds is 6. The minimum atomic E-state index is -1.50. The van der Waals surface area contributed by atoms with Crippen molar-refractivity contribution in [3.8, 4) is 5.88 Å². The molecular weight excluding hydrogens is 390 g/mol. The molecule has 27 heavy (non-hydrogen) atoms. The number of thiazole rings is 1. The van der Waals surface area contributed by atoms with E-state index < -0.39 is 30.3 Å². The fraction of sp³-hybridized carbons (Fsp3) is 0.118. The molecule has 0 amide bonds. The lowest BCUT2D eigenvalue weighted by Gasteiger charge is -2.12. The van der Waals surface area contributed by atoms with Gasteiger partial charge in [0.1, 0.15) is 11.8 Å². The molecule has 0 saturated heterocycles. The van der Waals surface area contributed by atoms with E-state index in [1.54, 1.807) is 6.08 Å². The van der Waals surface area contributed by atoms with Crippen molar-refractivity contribution in [3.05, 3.63) is 50.3 Å². The highest BCUT2D eigenvalue weighted by atomic mass is 32.1. The molecule has 0 spiro atoms. The van der Waals surface area contributed by atoms with Crippen LogP contribution in [0.3, 0.4) is 0 Å². The molecule has 0 radical (unpaired) electrons. The number of hydrogen-bond acceptors (Lipinski definition) is 7. The van der Waals surface area contributed by atoms with Crippen molar-refractivity contribution < 1.29 is 24.9 Å². The predicted octanol–water partition coefficient (Wildman–Crippen LogP) is 2.96. The quantitative estimate of drug-likeness (QED) is 0.637. The van der Waals surface area contributed by atoms with Crippen molar-refractivity contribution in [1.82, 2.24) is 4.57 Å². The summed E-state index contributed by atoms with van der Waals surface area (Å²) in [7, 11) is 0. The summed E-state index contributed by atoms with van der Waals surface area (Å²) >= 11 is 6.12. The van der Waals surface area contributed by atoms with Crippen molar-refractivity contribution in [2.75, 3.05) is 0 Å². The van der Waals surface area contributed by atoms with Gasteiger partial charge in [0.25, 0.3) is 0 Å². The van der Waals surface area contributed by atoms with E-state index in [2.05, 4.69) is 10.2 Å². The van der Waals surface area contributed by atoms with E-state index in [0.717, 1.165) is 21.5 Å². The summed E-state index contributed by atoms with van der Waals surface area (Å²) in [6.45, 7) is 0. The molecule has 2 heterocycles. The zero-order chi connectivity index (χ0) is 19.6. The van der Waals surface area contributed by atoms with Crippen LogP contribution in [0.1, 0.15) is 22.9 Å². The molecule has 1 unspecified atom stereocenters. The Morgan fingerprint density at radius 3 is 2.59 bits per heavy atom. The molecule has 3 rings (SSSR count). The first kappa shape index (κ1) is 18.7. The molecule has 0 saturated carbocycles. The molecule has 2 aromatic rings. The van der Waals surface area contributed by atoms with Crippen LogP contribution in [-0.2, 0) is 9.59 Å². The van der Waals surface area contributed by atoms with E-state index >= 15 is 0 Å². The Bertz CT molecular complexity index is 1050. The fourth-order valence-electron chi connectivity index (χ4n) is 2.55. The number of carbonyl (C=O) groups is 2. The summed E-state index contributed by atoms with van der Waals surface area (Å²) in [5.74, 6) is -3.11. The molecule has 3 N–H and O–H groups in total. The SMILES string of the molecule is O=C(O)CC(C(=O)O)n1c(O)c(C=C2C=NN=C2c2ccccc2)sc1=S. The number of carboxylic acids is 2. The Balaban J connectivity index is 2.02. The normalized spacial score (nSPS) is 15.7. The van der Waals surface area contributed by atoms with Gasteiger partial charge in [-0.15, -0.1) is 16.4 Å². The number of aromatic nitrogens is 1. The number of benzene rings is 1. The third-order valence-corrected chi connectivity index (χ3v) is 5.11. The van der Waals surface area contributed by atoms with Gasteiger partial charge in [-0.05, 0) is 18.3 Å². The zero-order valence-corrected chi connectivity index (χ0v) is 15.3. The third-order valence-electron chi connectivity index (χ3n) is 3.77. The summed E-state index contributed by atoms with van der Waals surface area (Å²) in [5.41, 5.74) is 2.05. The van der Waals surface area contributed by atoms with Gasteiger partial charge in [-0.25, -0.2) is 4.79 Å². The summed E-state index contributed by atoms with van der Waals surface area (Å²) < 4.78 is 0.995. The average molecular weight is 403 g/mol. The third kappa shape index (κ3) is 3.86. The van der Waals surface area contributed by atoms with Crippen molar-refractivity contribution in [2.45, 2.75) is 12.5 Å². The van der Waals surface area contributed by atoms with E-state index in [9.17, 15) is 19.8 Å². The molecular formula is C17H13N3O5S2. The highest BCUT2D eigenvalue weighted by Gasteiger charge is 2.28. The first-order chi connectivity index (χ1) is 12.9. The van der Waals surface area contributed by atoms with E-state index in [4.69, 9.17) is 17.3 Å². The number of aliphatic carboxylic acids is 2. The summed E-state index contributed by atoms with van der Waals surface area (Å²) in [6.07, 6.45) is 2.40. The average Bonchev–Trinajstić information content (AvgIpc) is 3.19. The van der Waals surface area contributed by atoms with Gasteiger partial charge in [-0.3, -0.25) is 9.36 Å². The van der Waals surface area contributed by atoms with Crippen molar-refractivity contribution in [2.24, 2.45) is 10.2 Å². The summed E-state index contributed by atoms with van der Waals surface area (Å²) in [4.78, 5) is 22.7. The first-order valence-electron chi connectivity index (χ1n) is 7.66. The highest BCUT2D eigenvalue weighted by molar-refractivity contribution is 7.73. The molecule has 0 fully saturated rings. The number of hydrogen-bond donors (Lipinski definition) is 3. The summed E-state index contributed by atoms with van der Waals surface area (Å²) in [6, 6.07) is 7.81. The minimum absolute atomic E-state index is 0.0566. The topological polar surface area (TPSA) is 124 Å². The Kier molecular flexibility index (Phi) is 5.28. The van der Waals surface area contributed by atoms with Crippen molar-refractivity contribution in [1.29, 1.82) is 0 Å². The number of nitrogens with zero attached hydrogens (tertiary/aromatic N) is 3. The van der Waals surface area contributed by atoms with Gasteiger partial charge >= 0.3 is 11.9 Å². The largest absolute Gasteiger partial charge is 0.493 e. The molecule has 1 atom stereocenters. The molecule has 1 aliphatic rings. The number of allylic oxidation sites excluding steroid dienone is 1. The van der Waals surface area contributed by atoms with Crippen LogP contribution in [-0.4, -0.2) is 43.8 Å². The summed E-state index contributed by atoms with van der Waals surface area (Å²) in [5, 5.41) is 36.7. The molecule has 10 heteroatoms. The van der Waals surface area contributed by atoms with Gasteiger partial charge in [-0.1, -0.05) is 30.3 Å². The van der Waals surface area contributed by atoms with Gasteiger partial charge in [0, 0.05) is 11.1 Å². The second-order valence-corrected chi connectivity index (χ2v) is 7.21. The van der Waals surface area contributed by atoms with Gasteiger partial charge in [0.2, 0.25) is 5.88 Å². The molecule has 1 aromatic carbocycles. The van der Waals surface area contributed by atoms with Gasteiger partial charge in [0.15, 0.2) is 3.95 Å². The standard InChI is InChI=1S/C17H13N3O5S2/c21-13(22)7-11(16(24)25)20-15(23)12(27-17(20)26)6-10-8-18-19-14(10)9-4-2-1-3-5-9/h1-6,8,11,23H,7H2,(H,21,22)(H,24,25). The molecule has 8 nitrogen and oxygen atoms in total. The highest BCUT2D eigenvalue weighted by Crippen LogP contribution is 2.33. The maximum absolute atomic E-state index is 11.4. The molecule has 138 valence electrons. The zero-order valence-electron chi connectivity index (χ0n) is 13.6. The molecule has 0 bridgehead atoms. The van der Waals surface area contributed by atoms with Crippen LogP contribution in [0.4, 0.5) is 0 Å². The van der Waals surface area contributed by atoms with Crippen LogP contribution in [0, 0.1) is 3.95 Å². The van der Waals surface area contributed by atoms with Gasteiger partial charge in [-0.2, -0.15) is 5.10 Å². The molecule has 1 aliphatic heterocycles. The maximum atomic E-state index is 11.4. The van der Waals surface area contributed by atoms with Crippen LogP contribution in [0.5, 0.6) is 5.88 Å². The number of aromatic hydroxyl groups is 1. The lowest BCUT2D eigenvalue weighted by Crippen LogP contribution is -2.22. The molecule has 0 aliphatic carbocycles. The fourth-order valence-corrected chi connectivity index (χ4v) is 3.91. The van der Waals surface area contributed by atoms with Crippen LogP contribution in [0.15, 0.2) is 46.1 Å². The van der Waals surface area contributed by atoms with E-state index in [1.807, 2.05) is 30.3 Å². The lowest BCUT2D eigenvalue weighted by molar-refractivity contribution is -0.147. The van der Waals surface area contributed by atoms with Crippen LogP contribution >= 0.6 is 23.6 Å². The Morgan fingerprint density at radius 1 is 1.26 bits per heavy atom. The van der Waals surface area contributed by atoms with Crippen molar-refractivity contribution >= 4 is 53.5 Å². The minimum Gasteiger partial charge on any atom is -0.493 e. The monoisotopic (exact) mass is 403 g/mol. The van der Waals surface area contributed by atoms with Crippen LogP contribution < -0.4 is 0 Å². The van der Waals surface area contributed by atoms with E-state index in [-0.39, 0.29) is 3.95 Å². The van der Waals surface area contributed by atoms with Crippen molar-refractivity contribution in [3.63, 3.8) is 0 Å². The lowest BCUT2D eigenvalue weighted by atomic mass is 10.0. The molecule has 1 aromatic heterocycles. The predicted molar refractivity (Wildman–Crippen MR) is 103 cm³/mol.